The molecule has 0 aliphatic rings. The van der Waals surface area contributed by atoms with Crippen molar-refractivity contribution in [1.29, 1.82) is 0 Å². The van der Waals surface area contributed by atoms with Gasteiger partial charge >= 0.3 is 0 Å². The molecule has 0 fully saturated rings. The molecule has 0 saturated heterocycles. The summed E-state index contributed by atoms with van der Waals surface area (Å²) < 4.78 is 5.09. The lowest BCUT2D eigenvalue weighted by molar-refractivity contribution is -0.114. The summed E-state index contributed by atoms with van der Waals surface area (Å²) >= 11 is 0. The first-order valence-corrected chi connectivity index (χ1v) is 7.36. The zero-order chi connectivity index (χ0) is 17.5. The molecule has 0 unspecified atom stereocenters. The number of benzene rings is 2. The number of amides is 2. The van der Waals surface area contributed by atoms with Crippen molar-refractivity contribution in [2.75, 3.05) is 12.4 Å². The van der Waals surface area contributed by atoms with Gasteiger partial charge in [-0.25, -0.2) is 5.43 Å². The fourth-order valence-electron chi connectivity index (χ4n) is 2.03. The number of carbonyl (C=O) groups excluding carboxylic acids is 2. The van der Waals surface area contributed by atoms with Crippen molar-refractivity contribution in [2.24, 2.45) is 5.10 Å². The van der Waals surface area contributed by atoms with Gasteiger partial charge in [-0.3, -0.25) is 9.59 Å². The van der Waals surface area contributed by atoms with E-state index in [4.69, 9.17) is 4.74 Å². The number of carbonyl (C=O) groups is 2. The fourth-order valence-corrected chi connectivity index (χ4v) is 2.03. The number of nitrogens with one attached hydrogen (secondary N) is 2. The van der Waals surface area contributed by atoms with Gasteiger partial charge in [0.1, 0.15) is 5.75 Å². The van der Waals surface area contributed by atoms with Crippen molar-refractivity contribution < 1.29 is 14.3 Å². The Morgan fingerprint density at radius 2 is 1.71 bits per heavy atom. The van der Waals surface area contributed by atoms with Crippen LogP contribution in [0, 0.1) is 0 Å². The summed E-state index contributed by atoms with van der Waals surface area (Å²) in [5, 5.41) is 6.80. The maximum atomic E-state index is 12.1. The van der Waals surface area contributed by atoms with Crippen LogP contribution in [0.15, 0.2) is 53.6 Å². The Kier molecular flexibility index (Phi) is 5.68. The first-order chi connectivity index (χ1) is 11.5. The molecule has 2 amide bonds. The van der Waals surface area contributed by atoms with E-state index in [1.165, 1.54) is 6.92 Å². The average molecular weight is 325 g/mol. The minimum Gasteiger partial charge on any atom is -0.497 e. The molecule has 0 aliphatic carbocycles. The van der Waals surface area contributed by atoms with Crippen molar-refractivity contribution in [3.63, 3.8) is 0 Å². The normalized spacial score (nSPS) is 10.9. The van der Waals surface area contributed by atoms with Crippen LogP contribution in [0.25, 0.3) is 0 Å². The van der Waals surface area contributed by atoms with Crippen molar-refractivity contribution in [1.82, 2.24) is 5.43 Å². The van der Waals surface area contributed by atoms with Crippen molar-refractivity contribution >= 4 is 23.2 Å². The second-order valence-electron chi connectivity index (χ2n) is 5.13. The van der Waals surface area contributed by atoms with Crippen LogP contribution in [0.5, 0.6) is 5.75 Å². The van der Waals surface area contributed by atoms with Crippen LogP contribution in [0.4, 0.5) is 5.69 Å². The Bertz CT molecular complexity index is 767. The molecule has 0 radical (unpaired) electrons. The van der Waals surface area contributed by atoms with Crippen molar-refractivity contribution in [3.8, 4) is 5.75 Å². The first-order valence-electron chi connectivity index (χ1n) is 7.36. The van der Waals surface area contributed by atoms with E-state index in [9.17, 15) is 9.59 Å². The Morgan fingerprint density at radius 3 is 2.33 bits per heavy atom. The van der Waals surface area contributed by atoms with Gasteiger partial charge < -0.3 is 10.1 Å². The van der Waals surface area contributed by atoms with E-state index < -0.39 is 0 Å². The van der Waals surface area contributed by atoms with E-state index in [-0.39, 0.29) is 11.8 Å². The number of hydrazone groups is 1. The molecular formula is C18H19N3O3. The quantitative estimate of drug-likeness (QED) is 0.655. The van der Waals surface area contributed by atoms with Gasteiger partial charge in [0.15, 0.2) is 0 Å². The van der Waals surface area contributed by atoms with Crippen molar-refractivity contribution in [2.45, 2.75) is 13.8 Å². The third kappa shape index (κ3) is 4.67. The topological polar surface area (TPSA) is 79.8 Å². The van der Waals surface area contributed by atoms with Gasteiger partial charge in [-0.05, 0) is 42.8 Å². The third-order valence-electron chi connectivity index (χ3n) is 3.28. The van der Waals surface area contributed by atoms with Gasteiger partial charge in [-0.15, -0.1) is 0 Å². The predicted octanol–water partition coefficient (Wildman–Crippen LogP) is 2.81. The molecule has 0 bridgehead atoms. The first kappa shape index (κ1) is 17.2. The molecule has 124 valence electrons. The smallest absolute Gasteiger partial charge is 0.271 e. The molecule has 6 nitrogen and oxygen atoms in total. The highest BCUT2D eigenvalue weighted by molar-refractivity contribution is 6.01. The van der Waals surface area contributed by atoms with Crippen molar-refractivity contribution in [3.05, 3.63) is 59.7 Å². The van der Waals surface area contributed by atoms with Gasteiger partial charge in [0.05, 0.1) is 12.8 Å². The molecule has 2 rings (SSSR count). The molecule has 0 aliphatic heterocycles. The summed E-state index contributed by atoms with van der Waals surface area (Å²) in [5.41, 5.74) is 5.19. The molecular weight excluding hydrogens is 306 g/mol. The Hall–Kier alpha value is -3.15. The molecule has 2 aromatic carbocycles. The number of anilines is 1. The van der Waals surface area contributed by atoms with Crippen LogP contribution in [-0.2, 0) is 4.79 Å². The van der Waals surface area contributed by atoms with Crippen LogP contribution < -0.4 is 15.5 Å². The third-order valence-corrected chi connectivity index (χ3v) is 3.28. The van der Waals surface area contributed by atoms with Crippen LogP contribution in [0.3, 0.4) is 0 Å². The summed E-state index contributed by atoms with van der Waals surface area (Å²) in [6.45, 7) is 3.24. The molecule has 0 atom stereocenters. The van der Waals surface area contributed by atoms with Gasteiger partial charge in [0.25, 0.3) is 5.91 Å². The van der Waals surface area contributed by atoms with E-state index in [2.05, 4.69) is 15.8 Å². The van der Waals surface area contributed by atoms with Crippen LogP contribution in [-0.4, -0.2) is 24.6 Å². The summed E-state index contributed by atoms with van der Waals surface area (Å²) in [5.74, 6) is 0.165. The molecule has 6 heteroatoms. The monoisotopic (exact) mass is 325 g/mol. The summed E-state index contributed by atoms with van der Waals surface area (Å²) in [6, 6.07) is 14.0. The minimum absolute atomic E-state index is 0.126. The van der Waals surface area contributed by atoms with E-state index in [1.807, 2.05) is 12.1 Å². The average Bonchev–Trinajstić information content (AvgIpc) is 2.59. The zero-order valence-corrected chi connectivity index (χ0v) is 13.8. The Labute approximate surface area is 140 Å². The summed E-state index contributed by atoms with van der Waals surface area (Å²) in [4.78, 5) is 23.1. The second kappa shape index (κ2) is 7.92. The van der Waals surface area contributed by atoms with Gasteiger partial charge in [0.2, 0.25) is 5.91 Å². The molecule has 0 heterocycles. The maximum Gasteiger partial charge on any atom is 0.271 e. The van der Waals surface area contributed by atoms with E-state index in [0.717, 1.165) is 5.56 Å². The maximum absolute atomic E-state index is 12.1. The highest BCUT2D eigenvalue weighted by Gasteiger charge is 2.06. The van der Waals surface area contributed by atoms with E-state index >= 15 is 0 Å². The van der Waals surface area contributed by atoms with Crippen LogP contribution in [0.1, 0.15) is 29.8 Å². The molecule has 0 aromatic heterocycles. The number of rotatable bonds is 5. The lowest BCUT2D eigenvalue weighted by atomic mass is 10.1. The number of hydrogen-bond donors (Lipinski definition) is 2. The molecule has 0 spiro atoms. The van der Waals surface area contributed by atoms with Crippen LogP contribution >= 0.6 is 0 Å². The molecule has 24 heavy (non-hydrogen) atoms. The minimum atomic E-state index is -0.317. The molecule has 2 aromatic rings. The lowest BCUT2D eigenvalue weighted by Crippen LogP contribution is -2.19. The molecule has 2 N–H and O–H groups in total. The fraction of sp³-hybridized carbons (Fsp3) is 0.167. The summed E-state index contributed by atoms with van der Waals surface area (Å²) in [6.07, 6.45) is 0. The highest BCUT2D eigenvalue weighted by Crippen LogP contribution is 2.13. The number of nitrogens with zero attached hydrogens (tertiary/aromatic N) is 1. The SMILES string of the molecule is COc1cccc(C(=O)N/N=C(/C)c2ccc(NC(C)=O)cc2)c1. The zero-order valence-electron chi connectivity index (χ0n) is 13.8. The number of hydrogen-bond acceptors (Lipinski definition) is 4. The largest absolute Gasteiger partial charge is 0.497 e. The van der Waals surface area contributed by atoms with Crippen LogP contribution in [0.2, 0.25) is 0 Å². The number of ether oxygens (including phenoxy) is 1. The Morgan fingerprint density at radius 1 is 1.00 bits per heavy atom. The Balaban J connectivity index is 2.04. The van der Waals surface area contributed by atoms with Gasteiger partial charge in [-0.2, -0.15) is 5.10 Å². The lowest BCUT2D eigenvalue weighted by Gasteiger charge is -2.06. The van der Waals surface area contributed by atoms with E-state index in [1.54, 1.807) is 50.4 Å². The molecule has 0 saturated carbocycles. The van der Waals surface area contributed by atoms with E-state index in [0.29, 0.717) is 22.7 Å². The second-order valence-corrected chi connectivity index (χ2v) is 5.13. The van der Waals surface area contributed by atoms with Gasteiger partial charge in [-0.1, -0.05) is 18.2 Å². The van der Waals surface area contributed by atoms with Gasteiger partial charge in [0, 0.05) is 18.2 Å². The highest BCUT2D eigenvalue weighted by atomic mass is 16.5. The predicted molar refractivity (Wildman–Crippen MR) is 93.4 cm³/mol. The number of methoxy groups -OCH3 is 1. The summed E-state index contributed by atoms with van der Waals surface area (Å²) in [7, 11) is 1.55. The standard InChI is InChI=1S/C18H19N3O3/c1-12(14-7-9-16(10-8-14)19-13(2)22)20-21-18(23)15-5-4-6-17(11-15)24-3/h4-11H,1-3H3,(H,19,22)(H,21,23)/b20-12-.